The maximum atomic E-state index is 13.4. The van der Waals surface area contributed by atoms with E-state index in [1.54, 1.807) is 20.9 Å². The van der Waals surface area contributed by atoms with Gasteiger partial charge in [-0.1, -0.05) is 11.6 Å². The molecule has 0 N–H and O–H groups in total. The van der Waals surface area contributed by atoms with Crippen LogP contribution in [0.1, 0.15) is 17.8 Å². The third-order valence-electron chi connectivity index (χ3n) is 4.98. The van der Waals surface area contributed by atoms with Crippen LogP contribution in [0.5, 0.6) is 0 Å². The van der Waals surface area contributed by atoms with Gasteiger partial charge in [0.2, 0.25) is 20.0 Å². The van der Waals surface area contributed by atoms with Crippen molar-refractivity contribution >= 4 is 31.6 Å². The number of aryl methyl sites for hydroxylation is 2. The molecule has 0 bridgehead atoms. The molecule has 0 radical (unpaired) electrons. The lowest BCUT2D eigenvalue weighted by molar-refractivity contribution is 0.404. The van der Waals surface area contributed by atoms with Crippen molar-refractivity contribution in [2.45, 2.75) is 30.1 Å². The summed E-state index contributed by atoms with van der Waals surface area (Å²) in [6.07, 6.45) is 0.325. The Hall–Kier alpha value is -1.53. The fraction of sp³-hybridized carbons (Fsp3) is 0.471. The molecular weight excluding hydrogens is 443 g/mol. The SMILES string of the molecule is Cc1nn(C)c(C)c1S(=O)(=O)N1CCCN(S(=O)(=O)c2ccc(F)c(Cl)c2)CC1. The summed E-state index contributed by atoms with van der Waals surface area (Å²) in [7, 11) is -6.07. The second-order valence-electron chi connectivity index (χ2n) is 6.86. The van der Waals surface area contributed by atoms with Gasteiger partial charge in [0.15, 0.2) is 0 Å². The molecule has 29 heavy (non-hydrogen) atoms. The summed E-state index contributed by atoms with van der Waals surface area (Å²) in [6.45, 7) is 3.63. The van der Waals surface area contributed by atoms with E-state index < -0.39 is 25.9 Å². The number of rotatable bonds is 4. The van der Waals surface area contributed by atoms with Gasteiger partial charge in [-0.15, -0.1) is 0 Å². The van der Waals surface area contributed by atoms with Crippen molar-refractivity contribution in [2.24, 2.45) is 7.05 Å². The highest BCUT2D eigenvalue weighted by atomic mass is 35.5. The monoisotopic (exact) mass is 464 g/mol. The lowest BCUT2D eigenvalue weighted by Crippen LogP contribution is -2.37. The third-order valence-corrected chi connectivity index (χ3v) is 9.32. The van der Waals surface area contributed by atoms with E-state index in [2.05, 4.69) is 5.10 Å². The Morgan fingerprint density at radius 2 is 1.59 bits per heavy atom. The lowest BCUT2D eigenvalue weighted by atomic mass is 10.3. The van der Waals surface area contributed by atoms with E-state index in [0.29, 0.717) is 17.8 Å². The van der Waals surface area contributed by atoms with Crippen molar-refractivity contribution < 1.29 is 21.2 Å². The van der Waals surface area contributed by atoms with Crippen LogP contribution >= 0.6 is 11.6 Å². The number of sulfonamides is 2. The van der Waals surface area contributed by atoms with E-state index in [-0.39, 0.29) is 41.0 Å². The Balaban J connectivity index is 1.85. The number of halogens is 2. The molecular formula is C17H22ClFN4O4S2. The zero-order valence-corrected chi connectivity index (χ0v) is 18.7. The van der Waals surface area contributed by atoms with Crippen LogP contribution in [0.3, 0.4) is 0 Å². The van der Waals surface area contributed by atoms with E-state index >= 15 is 0 Å². The molecule has 1 aromatic carbocycles. The second kappa shape index (κ2) is 7.95. The quantitative estimate of drug-likeness (QED) is 0.689. The summed E-state index contributed by atoms with van der Waals surface area (Å²) in [4.78, 5) is 0.0285. The van der Waals surface area contributed by atoms with Gasteiger partial charge in [-0.05, 0) is 38.5 Å². The van der Waals surface area contributed by atoms with Crippen LogP contribution in [0, 0.1) is 19.7 Å². The Morgan fingerprint density at radius 1 is 1.00 bits per heavy atom. The van der Waals surface area contributed by atoms with Crippen molar-refractivity contribution in [1.82, 2.24) is 18.4 Å². The smallest absolute Gasteiger partial charge is 0.246 e. The highest BCUT2D eigenvalue weighted by Crippen LogP contribution is 2.26. The Labute approximate surface area is 175 Å². The zero-order chi connectivity index (χ0) is 21.6. The Kier molecular flexibility index (Phi) is 6.08. The fourth-order valence-corrected chi connectivity index (χ4v) is 7.00. The lowest BCUT2D eigenvalue weighted by Gasteiger charge is -2.22. The molecule has 1 fully saturated rings. The van der Waals surface area contributed by atoms with Crippen LogP contribution in [0.25, 0.3) is 0 Å². The van der Waals surface area contributed by atoms with Crippen LogP contribution in [0.2, 0.25) is 5.02 Å². The van der Waals surface area contributed by atoms with Gasteiger partial charge >= 0.3 is 0 Å². The molecule has 0 atom stereocenters. The molecule has 2 aromatic rings. The number of nitrogens with zero attached hydrogens (tertiary/aromatic N) is 4. The van der Waals surface area contributed by atoms with Gasteiger partial charge in [0.05, 0.1) is 21.3 Å². The van der Waals surface area contributed by atoms with Crippen LogP contribution in [0.15, 0.2) is 28.0 Å². The molecule has 0 aliphatic carbocycles. The molecule has 1 saturated heterocycles. The van der Waals surface area contributed by atoms with Crippen LogP contribution in [-0.4, -0.2) is 61.4 Å². The van der Waals surface area contributed by atoms with Crippen LogP contribution in [-0.2, 0) is 27.1 Å². The van der Waals surface area contributed by atoms with Gasteiger partial charge in [-0.3, -0.25) is 4.68 Å². The van der Waals surface area contributed by atoms with Crippen molar-refractivity contribution in [2.75, 3.05) is 26.2 Å². The predicted molar refractivity (Wildman–Crippen MR) is 106 cm³/mol. The van der Waals surface area contributed by atoms with Crippen molar-refractivity contribution in [3.05, 3.63) is 40.4 Å². The molecule has 1 aliphatic heterocycles. The summed E-state index contributed by atoms with van der Waals surface area (Å²) in [5, 5.41) is 3.88. The average Bonchev–Trinajstić information content (AvgIpc) is 2.82. The minimum Gasteiger partial charge on any atom is -0.271 e. The minimum absolute atomic E-state index is 0.00423. The van der Waals surface area contributed by atoms with Crippen molar-refractivity contribution in [3.63, 3.8) is 0 Å². The van der Waals surface area contributed by atoms with Crippen molar-refractivity contribution in [1.29, 1.82) is 0 Å². The topological polar surface area (TPSA) is 92.6 Å². The van der Waals surface area contributed by atoms with E-state index in [1.807, 2.05) is 0 Å². The molecule has 0 amide bonds. The molecule has 0 spiro atoms. The minimum atomic E-state index is -3.93. The first kappa shape index (κ1) is 22.2. The molecule has 1 aromatic heterocycles. The van der Waals surface area contributed by atoms with Gasteiger partial charge in [-0.2, -0.15) is 13.7 Å². The van der Waals surface area contributed by atoms with E-state index in [1.165, 1.54) is 13.3 Å². The standard InChI is InChI=1S/C17H22ClFN4O4S2/c1-12-17(13(2)21(3)20-12)29(26,27)23-8-4-7-22(9-10-23)28(24,25)14-5-6-16(19)15(18)11-14/h5-6,11H,4,7-10H2,1-3H3. The molecule has 12 heteroatoms. The number of aromatic nitrogens is 2. The molecule has 0 unspecified atom stereocenters. The molecule has 0 saturated carbocycles. The first-order valence-electron chi connectivity index (χ1n) is 8.92. The predicted octanol–water partition coefficient (Wildman–Crippen LogP) is 1.91. The summed E-state index contributed by atoms with van der Waals surface area (Å²) >= 11 is 5.72. The first-order valence-corrected chi connectivity index (χ1v) is 12.2. The first-order chi connectivity index (χ1) is 13.5. The van der Waals surface area contributed by atoms with Crippen LogP contribution in [0.4, 0.5) is 4.39 Å². The maximum absolute atomic E-state index is 13.4. The third kappa shape index (κ3) is 4.06. The van der Waals surface area contributed by atoms with Gasteiger partial charge in [0, 0.05) is 33.2 Å². The zero-order valence-electron chi connectivity index (χ0n) is 16.3. The molecule has 2 heterocycles. The van der Waals surface area contributed by atoms with Gasteiger partial charge in [0.25, 0.3) is 0 Å². The summed E-state index contributed by atoms with van der Waals surface area (Å²) in [5.41, 5.74) is 0.928. The number of hydrogen-bond donors (Lipinski definition) is 0. The van der Waals surface area contributed by atoms with Gasteiger partial charge < -0.3 is 0 Å². The molecule has 3 rings (SSSR count). The summed E-state index contributed by atoms with van der Waals surface area (Å²) in [6, 6.07) is 3.21. The highest BCUT2D eigenvalue weighted by Gasteiger charge is 2.34. The van der Waals surface area contributed by atoms with Gasteiger partial charge in [-0.25, -0.2) is 21.2 Å². The summed E-state index contributed by atoms with van der Waals surface area (Å²) < 4.78 is 69.5. The summed E-state index contributed by atoms with van der Waals surface area (Å²) in [5.74, 6) is -0.707. The van der Waals surface area contributed by atoms with E-state index in [4.69, 9.17) is 11.6 Å². The van der Waals surface area contributed by atoms with E-state index in [0.717, 1.165) is 18.2 Å². The second-order valence-corrected chi connectivity index (χ2v) is 11.1. The van der Waals surface area contributed by atoms with E-state index in [9.17, 15) is 21.2 Å². The average molecular weight is 465 g/mol. The number of benzene rings is 1. The normalized spacial score (nSPS) is 17.4. The number of hydrogen-bond acceptors (Lipinski definition) is 5. The van der Waals surface area contributed by atoms with Crippen molar-refractivity contribution in [3.8, 4) is 0 Å². The maximum Gasteiger partial charge on any atom is 0.246 e. The molecule has 1 aliphatic rings. The molecule has 8 nitrogen and oxygen atoms in total. The Morgan fingerprint density at radius 3 is 2.10 bits per heavy atom. The largest absolute Gasteiger partial charge is 0.271 e. The fourth-order valence-electron chi connectivity index (χ4n) is 3.39. The van der Waals surface area contributed by atoms with Crippen LogP contribution < -0.4 is 0 Å². The molecule has 160 valence electrons. The Bertz CT molecular complexity index is 1150. The highest BCUT2D eigenvalue weighted by molar-refractivity contribution is 7.89. The van der Waals surface area contributed by atoms with Gasteiger partial charge in [0.1, 0.15) is 10.7 Å².